The van der Waals surface area contributed by atoms with Crippen LogP contribution < -0.4 is 11.3 Å². The number of rotatable bonds is 3. The molecule has 0 unspecified atom stereocenters. The zero-order valence-corrected chi connectivity index (χ0v) is 11.3. The molecule has 0 amide bonds. The van der Waals surface area contributed by atoms with Crippen molar-refractivity contribution in [1.29, 1.82) is 0 Å². The molecule has 0 aliphatic carbocycles. The van der Waals surface area contributed by atoms with E-state index in [2.05, 4.69) is 15.4 Å². The number of benzene rings is 1. The first-order chi connectivity index (χ1) is 9.06. The maximum Gasteiger partial charge on any atom is 0.161 e. The molecule has 0 bridgehead atoms. The Morgan fingerprint density at radius 1 is 1.26 bits per heavy atom. The number of hydrogen-bond acceptors (Lipinski definition) is 4. The summed E-state index contributed by atoms with van der Waals surface area (Å²) in [5.41, 5.74) is 5.80. The maximum atomic E-state index is 13.3. The van der Waals surface area contributed by atoms with E-state index in [1.165, 1.54) is 6.07 Å². The van der Waals surface area contributed by atoms with Gasteiger partial charge in [0.15, 0.2) is 5.82 Å². The van der Waals surface area contributed by atoms with Crippen LogP contribution in [-0.2, 0) is 6.42 Å². The van der Waals surface area contributed by atoms with E-state index < -0.39 is 0 Å². The first-order valence-corrected chi connectivity index (χ1v) is 6.17. The Bertz CT molecular complexity index is 585. The number of nitrogens with two attached hydrogens (primary N) is 1. The quantitative estimate of drug-likeness (QED) is 0.658. The van der Waals surface area contributed by atoms with Crippen molar-refractivity contribution >= 4 is 5.82 Å². The zero-order chi connectivity index (χ0) is 14.0. The van der Waals surface area contributed by atoms with E-state index in [0.29, 0.717) is 17.2 Å². The van der Waals surface area contributed by atoms with Crippen LogP contribution in [0.4, 0.5) is 10.2 Å². The monoisotopic (exact) mass is 260 g/mol. The average molecular weight is 260 g/mol. The van der Waals surface area contributed by atoms with Gasteiger partial charge in [0.1, 0.15) is 11.6 Å². The Morgan fingerprint density at radius 3 is 2.58 bits per heavy atom. The van der Waals surface area contributed by atoms with Crippen molar-refractivity contribution in [2.45, 2.75) is 27.2 Å². The highest BCUT2D eigenvalue weighted by Crippen LogP contribution is 2.23. The Labute approximate surface area is 111 Å². The van der Waals surface area contributed by atoms with Crippen LogP contribution in [0, 0.1) is 19.7 Å². The third kappa shape index (κ3) is 2.56. The summed E-state index contributed by atoms with van der Waals surface area (Å²) in [7, 11) is 0. The summed E-state index contributed by atoms with van der Waals surface area (Å²) in [5.74, 6) is 6.40. The van der Waals surface area contributed by atoms with Crippen LogP contribution >= 0.6 is 0 Å². The highest BCUT2D eigenvalue weighted by atomic mass is 19.1. The van der Waals surface area contributed by atoms with E-state index in [0.717, 1.165) is 23.2 Å². The first-order valence-electron chi connectivity index (χ1n) is 6.17. The molecule has 1 heterocycles. The van der Waals surface area contributed by atoms with Crippen LogP contribution in [0.15, 0.2) is 18.2 Å². The second kappa shape index (κ2) is 5.32. The lowest BCUT2D eigenvalue weighted by Gasteiger charge is -2.11. The Balaban J connectivity index is 2.58. The van der Waals surface area contributed by atoms with Crippen LogP contribution in [0.3, 0.4) is 0 Å². The summed E-state index contributed by atoms with van der Waals surface area (Å²) in [4.78, 5) is 8.88. The molecule has 0 saturated heterocycles. The molecule has 0 saturated carbocycles. The van der Waals surface area contributed by atoms with Gasteiger partial charge in [-0.1, -0.05) is 6.92 Å². The number of anilines is 1. The van der Waals surface area contributed by atoms with Crippen molar-refractivity contribution < 1.29 is 4.39 Å². The Kier molecular flexibility index (Phi) is 3.76. The van der Waals surface area contributed by atoms with E-state index in [9.17, 15) is 4.39 Å². The van der Waals surface area contributed by atoms with Gasteiger partial charge in [-0.3, -0.25) is 0 Å². The number of aryl methyl sites for hydroxylation is 2. The number of aromatic nitrogens is 2. The number of nitrogens with zero attached hydrogens (tertiary/aromatic N) is 2. The Hall–Kier alpha value is -2.01. The minimum Gasteiger partial charge on any atom is -0.308 e. The third-order valence-electron chi connectivity index (χ3n) is 3.13. The number of hydrazine groups is 1. The predicted molar refractivity (Wildman–Crippen MR) is 74.1 cm³/mol. The summed E-state index contributed by atoms with van der Waals surface area (Å²) in [6.07, 6.45) is 0.788. The van der Waals surface area contributed by atoms with Gasteiger partial charge < -0.3 is 5.43 Å². The number of halogens is 1. The van der Waals surface area contributed by atoms with E-state index in [1.807, 2.05) is 13.8 Å². The van der Waals surface area contributed by atoms with Crippen LogP contribution in [0.5, 0.6) is 0 Å². The van der Waals surface area contributed by atoms with Crippen molar-refractivity contribution in [3.8, 4) is 11.4 Å². The Morgan fingerprint density at radius 2 is 2.00 bits per heavy atom. The molecule has 0 fully saturated rings. The van der Waals surface area contributed by atoms with Crippen molar-refractivity contribution in [2.24, 2.45) is 5.84 Å². The van der Waals surface area contributed by atoms with Crippen molar-refractivity contribution in [3.63, 3.8) is 0 Å². The molecule has 100 valence electrons. The molecule has 1 aromatic carbocycles. The van der Waals surface area contributed by atoms with Crippen LogP contribution in [0.2, 0.25) is 0 Å². The fourth-order valence-corrected chi connectivity index (χ4v) is 1.96. The van der Waals surface area contributed by atoms with Crippen molar-refractivity contribution in [3.05, 3.63) is 40.8 Å². The molecule has 0 spiro atoms. The van der Waals surface area contributed by atoms with Gasteiger partial charge in [-0.25, -0.2) is 20.2 Å². The first kappa shape index (κ1) is 13.4. The molecule has 0 aliphatic rings. The summed E-state index contributed by atoms with van der Waals surface area (Å²) in [6.45, 7) is 5.67. The van der Waals surface area contributed by atoms with Gasteiger partial charge in [0.05, 0.1) is 0 Å². The molecule has 3 N–H and O–H groups in total. The van der Waals surface area contributed by atoms with Gasteiger partial charge in [0.2, 0.25) is 0 Å². The lowest BCUT2D eigenvalue weighted by Crippen LogP contribution is -2.13. The van der Waals surface area contributed by atoms with Crippen LogP contribution in [0.25, 0.3) is 11.4 Å². The molecular weight excluding hydrogens is 243 g/mol. The molecule has 1 aromatic heterocycles. The fraction of sp³-hybridized carbons (Fsp3) is 0.286. The summed E-state index contributed by atoms with van der Waals surface area (Å²) >= 11 is 0. The minimum absolute atomic E-state index is 0.233. The highest BCUT2D eigenvalue weighted by molar-refractivity contribution is 5.60. The lowest BCUT2D eigenvalue weighted by molar-refractivity contribution is 0.618. The van der Waals surface area contributed by atoms with E-state index in [-0.39, 0.29) is 5.82 Å². The van der Waals surface area contributed by atoms with Gasteiger partial charge in [-0.15, -0.1) is 0 Å². The predicted octanol–water partition coefficient (Wildman–Crippen LogP) is 2.75. The largest absolute Gasteiger partial charge is 0.308 e. The van der Waals surface area contributed by atoms with Gasteiger partial charge in [0.25, 0.3) is 0 Å². The molecular formula is C14H17FN4. The lowest BCUT2D eigenvalue weighted by atomic mass is 10.1. The fourth-order valence-electron chi connectivity index (χ4n) is 1.96. The number of nitrogen functional groups attached to an aromatic ring is 1. The average Bonchev–Trinajstić information content (AvgIpc) is 2.42. The highest BCUT2D eigenvalue weighted by Gasteiger charge is 2.11. The molecule has 19 heavy (non-hydrogen) atoms. The van der Waals surface area contributed by atoms with Crippen molar-refractivity contribution in [2.75, 3.05) is 5.43 Å². The van der Waals surface area contributed by atoms with Gasteiger partial charge in [-0.2, -0.15) is 0 Å². The second-order valence-electron chi connectivity index (χ2n) is 4.43. The van der Waals surface area contributed by atoms with Crippen LogP contribution in [0.1, 0.15) is 23.7 Å². The molecule has 2 aromatic rings. The smallest absolute Gasteiger partial charge is 0.161 e. The standard InChI is InChI=1S/C14H17FN4/c1-4-12-9(3)13(19-16)18-14(17-12)10-5-6-11(15)8(2)7-10/h5-7H,4,16H2,1-3H3,(H,17,18,19). The SMILES string of the molecule is CCc1nc(-c2ccc(F)c(C)c2)nc(NN)c1C. The van der Waals surface area contributed by atoms with Crippen molar-refractivity contribution in [1.82, 2.24) is 9.97 Å². The normalized spacial score (nSPS) is 10.6. The van der Waals surface area contributed by atoms with Gasteiger partial charge in [-0.05, 0) is 44.0 Å². The number of hydrogen-bond donors (Lipinski definition) is 2. The van der Waals surface area contributed by atoms with E-state index in [4.69, 9.17) is 5.84 Å². The van der Waals surface area contributed by atoms with E-state index >= 15 is 0 Å². The summed E-state index contributed by atoms with van der Waals surface area (Å²) in [5, 5.41) is 0. The molecule has 5 heteroatoms. The van der Waals surface area contributed by atoms with Crippen LogP contribution in [-0.4, -0.2) is 9.97 Å². The third-order valence-corrected chi connectivity index (χ3v) is 3.13. The molecule has 4 nitrogen and oxygen atoms in total. The molecule has 0 radical (unpaired) electrons. The summed E-state index contributed by atoms with van der Waals surface area (Å²) < 4.78 is 13.3. The van der Waals surface area contributed by atoms with Gasteiger partial charge >= 0.3 is 0 Å². The van der Waals surface area contributed by atoms with E-state index in [1.54, 1.807) is 19.1 Å². The minimum atomic E-state index is -0.233. The number of nitrogens with one attached hydrogen (secondary N) is 1. The zero-order valence-electron chi connectivity index (χ0n) is 11.3. The second-order valence-corrected chi connectivity index (χ2v) is 4.43. The van der Waals surface area contributed by atoms with Gasteiger partial charge in [0, 0.05) is 16.8 Å². The topological polar surface area (TPSA) is 63.8 Å². The summed E-state index contributed by atoms with van der Waals surface area (Å²) in [6, 6.07) is 4.83. The molecule has 0 aliphatic heterocycles. The maximum absolute atomic E-state index is 13.3. The molecule has 2 rings (SSSR count). The molecule has 0 atom stereocenters.